The number of H-pyrrole nitrogens is 1. The van der Waals surface area contributed by atoms with Crippen molar-refractivity contribution < 1.29 is 4.57 Å². The molecular formula is C8H15N2+. The average molecular weight is 139 g/mol. The summed E-state index contributed by atoms with van der Waals surface area (Å²) in [6.45, 7) is 8.58. The van der Waals surface area contributed by atoms with E-state index >= 15 is 0 Å². The van der Waals surface area contributed by atoms with Gasteiger partial charge < -0.3 is 0 Å². The van der Waals surface area contributed by atoms with Gasteiger partial charge in [-0.05, 0) is 13.8 Å². The molecular weight excluding hydrogens is 124 g/mol. The van der Waals surface area contributed by atoms with Crippen molar-refractivity contribution in [1.29, 1.82) is 0 Å². The highest BCUT2D eigenvalue weighted by Gasteiger charge is 2.10. The van der Waals surface area contributed by atoms with Crippen LogP contribution in [0.5, 0.6) is 0 Å². The van der Waals surface area contributed by atoms with Crippen LogP contribution in [0.4, 0.5) is 0 Å². The molecule has 0 saturated carbocycles. The van der Waals surface area contributed by atoms with Gasteiger partial charge in [0.05, 0.1) is 6.04 Å². The van der Waals surface area contributed by atoms with Crippen molar-refractivity contribution in [2.75, 3.05) is 0 Å². The van der Waals surface area contributed by atoms with Crippen LogP contribution in [0.1, 0.15) is 31.3 Å². The zero-order valence-corrected chi connectivity index (χ0v) is 7.10. The fourth-order valence-corrected chi connectivity index (χ4v) is 1.10. The Balaban J connectivity index is 3.05. The lowest BCUT2D eigenvalue weighted by molar-refractivity contribution is -0.720. The molecule has 10 heavy (non-hydrogen) atoms. The van der Waals surface area contributed by atoms with Gasteiger partial charge in [-0.2, -0.15) is 0 Å². The fraction of sp³-hybridized carbons (Fsp3) is 0.625. The van der Waals surface area contributed by atoms with Gasteiger partial charge in [-0.25, -0.2) is 9.55 Å². The Kier molecular flexibility index (Phi) is 1.79. The zero-order valence-electron chi connectivity index (χ0n) is 7.10. The smallest absolute Gasteiger partial charge is 0.242 e. The highest BCUT2D eigenvalue weighted by molar-refractivity contribution is 4.99. The molecule has 0 unspecified atom stereocenters. The van der Waals surface area contributed by atoms with E-state index in [0.29, 0.717) is 6.04 Å². The molecule has 0 spiro atoms. The summed E-state index contributed by atoms with van der Waals surface area (Å²) in [7, 11) is 0. The topological polar surface area (TPSA) is 19.7 Å². The van der Waals surface area contributed by atoms with E-state index in [1.54, 1.807) is 0 Å². The van der Waals surface area contributed by atoms with Gasteiger partial charge in [0.2, 0.25) is 6.33 Å². The molecule has 0 aliphatic rings. The second-order valence-corrected chi connectivity index (χ2v) is 2.98. The third kappa shape index (κ3) is 1.06. The minimum atomic E-state index is 0.560. The average Bonchev–Trinajstić information content (AvgIpc) is 2.14. The molecule has 0 aliphatic heterocycles. The van der Waals surface area contributed by atoms with Gasteiger partial charge in [-0.3, -0.25) is 0 Å². The minimum absolute atomic E-state index is 0.560. The van der Waals surface area contributed by atoms with Gasteiger partial charge in [-0.1, -0.05) is 0 Å². The van der Waals surface area contributed by atoms with Crippen molar-refractivity contribution >= 4 is 0 Å². The quantitative estimate of drug-likeness (QED) is 0.569. The molecule has 0 fully saturated rings. The number of aromatic amines is 1. The van der Waals surface area contributed by atoms with Gasteiger partial charge in [0.15, 0.2) is 0 Å². The zero-order chi connectivity index (χ0) is 7.72. The Morgan fingerprint density at radius 3 is 2.20 bits per heavy atom. The van der Waals surface area contributed by atoms with Gasteiger partial charge in [0.25, 0.3) is 0 Å². The first-order valence-electron chi connectivity index (χ1n) is 3.68. The molecule has 0 atom stereocenters. The SMILES string of the molecule is Cc1[nH]c[n+](C(C)C)c1C. The first-order valence-corrected chi connectivity index (χ1v) is 3.68. The number of hydrogen-bond donors (Lipinski definition) is 1. The Labute approximate surface area is 61.9 Å². The van der Waals surface area contributed by atoms with Gasteiger partial charge >= 0.3 is 0 Å². The number of imidazole rings is 1. The summed E-state index contributed by atoms with van der Waals surface area (Å²) in [4.78, 5) is 3.18. The van der Waals surface area contributed by atoms with E-state index in [1.165, 1.54) is 11.4 Å². The number of hydrogen-bond acceptors (Lipinski definition) is 0. The van der Waals surface area contributed by atoms with E-state index < -0.39 is 0 Å². The summed E-state index contributed by atoms with van der Waals surface area (Å²) < 4.78 is 2.23. The lowest BCUT2D eigenvalue weighted by atomic mass is 10.3. The molecule has 1 aromatic heterocycles. The van der Waals surface area contributed by atoms with E-state index in [1.807, 2.05) is 6.33 Å². The van der Waals surface area contributed by atoms with Gasteiger partial charge in [0, 0.05) is 13.8 Å². The standard InChI is InChI=1S/C8H14N2/c1-6(2)10-5-9-7(3)8(10)4/h5-6H,1-4H3/p+1. The Morgan fingerprint density at radius 1 is 1.40 bits per heavy atom. The van der Waals surface area contributed by atoms with Gasteiger partial charge in [0.1, 0.15) is 11.4 Å². The maximum atomic E-state index is 3.18. The number of nitrogens with zero attached hydrogens (tertiary/aromatic N) is 1. The summed E-state index contributed by atoms with van der Waals surface area (Å²) in [5.74, 6) is 0. The highest BCUT2D eigenvalue weighted by Crippen LogP contribution is 1.99. The number of aromatic nitrogens is 2. The maximum absolute atomic E-state index is 3.18. The van der Waals surface area contributed by atoms with E-state index in [2.05, 4.69) is 37.2 Å². The molecule has 0 saturated heterocycles. The molecule has 0 aliphatic carbocycles. The highest BCUT2D eigenvalue weighted by atomic mass is 15.1. The third-order valence-corrected chi connectivity index (χ3v) is 1.91. The van der Waals surface area contributed by atoms with Crippen molar-refractivity contribution in [3.05, 3.63) is 17.7 Å². The Bertz CT molecular complexity index is 223. The summed E-state index contributed by atoms with van der Waals surface area (Å²) in [5, 5.41) is 0. The molecule has 0 radical (unpaired) electrons. The third-order valence-electron chi connectivity index (χ3n) is 1.91. The van der Waals surface area contributed by atoms with Crippen LogP contribution in [0.15, 0.2) is 6.33 Å². The molecule has 0 bridgehead atoms. The normalized spacial score (nSPS) is 10.9. The second kappa shape index (κ2) is 2.45. The fourth-order valence-electron chi connectivity index (χ4n) is 1.10. The summed E-state index contributed by atoms with van der Waals surface area (Å²) in [6, 6.07) is 0.560. The van der Waals surface area contributed by atoms with Crippen LogP contribution >= 0.6 is 0 Å². The molecule has 1 aromatic rings. The van der Waals surface area contributed by atoms with Crippen LogP contribution < -0.4 is 4.57 Å². The predicted molar refractivity (Wildman–Crippen MR) is 40.8 cm³/mol. The molecule has 1 heterocycles. The molecule has 0 aromatic carbocycles. The number of nitrogens with one attached hydrogen (secondary N) is 1. The maximum Gasteiger partial charge on any atom is 0.242 e. The number of aryl methyl sites for hydroxylation is 1. The molecule has 2 nitrogen and oxygen atoms in total. The monoisotopic (exact) mass is 139 g/mol. The first kappa shape index (κ1) is 7.32. The lowest BCUT2D eigenvalue weighted by Crippen LogP contribution is -2.36. The van der Waals surface area contributed by atoms with Crippen LogP contribution in [-0.2, 0) is 0 Å². The van der Waals surface area contributed by atoms with Crippen LogP contribution in [-0.4, -0.2) is 4.98 Å². The van der Waals surface area contributed by atoms with Crippen LogP contribution in [0, 0.1) is 13.8 Å². The minimum Gasteiger partial charge on any atom is -0.248 e. The van der Waals surface area contributed by atoms with Crippen molar-refractivity contribution in [3.63, 3.8) is 0 Å². The summed E-state index contributed by atoms with van der Waals surface area (Å²) in [6.07, 6.45) is 2.02. The number of rotatable bonds is 1. The van der Waals surface area contributed by atoms with Crippen molar-refractivity contribution in [1.82, 2.24) is 4.98 Å². The molecule has 1 rings (SSSR count). The van der Waals surface area contributed by atoms with Crippen molar-refractivity contribution in [3.8, 4) is 0 Å². The second-order valence-electron chi connectivity index (χ2n) is 2.98. The van der Waals surface area contributed by atoms with Crippen molar-refractivity contribution in [2.24, 2.45) is 0 Å². The van der Waals surface area contributed by atoms with Gasteiger partial charge in [-0.15, -0.1) is 0 Å². The molecule has 56 valence electrons. The van der Waals surface area contributed by atoms with E-state index in [9.17, 15) is 0 Å². The molecule has 0 amide bonds. The van der Waals surface area contributed by atoms with Crippen molar-refractivity contribution in [2.45, 2.75) is 33.7 Å². The van der Waals surface area contributed by atoms with E-state index in [4.69, 9.17) is 0 Å². The van der Waals surface area contributed by atoms with Crippen LogP contribution in [0.2, 0.25) is 0 Å². The van der Waals surface area contributed by atoms with E-state index in [-0.39, 0.29) is 0 Å². The van der Waals surface area contributed by atoms with Crippen LogP contribution in [0.3, 0.4) is 0 Å². The molecule has 2 heteroatoms. The van der Waals surface area contributed by atoms with Crippen LogP contribution in [0.25, 0.3) is 0 Å². The predicted octanol–water partition coefficient (Wildman–Crippen LogP) is 1.50. The molecule has 1 N–H and O–H groups in total. The lowest BCUT2D eigenvalue weighted by Gasteiger charge is -2.00. The van der Waals surface area contributed by atoms with E-state index in [0.717, 1.165) is 0 Å². The Hall–Kier alpha value is -0.790. The summed E-state index contributed by atoms with van der Waals surface area (Å²) in [5.41, 5.74) is 2.59. The Morgan fingerprint density at radius 2 is 2.00 bits per heavy atom. The summed E-state index contributed by atoms with van der Waals surface area (Å²) >= 11 is 0. The first-order chi connectivity index (χ1) is 4.63. The largest absolute Gasteiger partial charge is 0.248 e.